The third kappa shape index (κ3) is 2.65. The van der Waals surface area contributed by atoms with Gasteiger partial charge in [0.25, 0.3) is 0 Å². The summed E-state index contributed by atoms with van der Waals surface area (Å²) < 4.78 is 14.3. The molecule has 5 heteroatoms. The molecule has 2 atom stereocenters. The largest absolute Gasteiger partial charge is 0.330 e. The molecule has 1 fully saturated rings. The van der Waals surface area contributed by atoms with E-state index in [-0.39, 0.29) is 16.9 Å². The molecule has 1 aliphatic heterocycles. The smallest absolute Gasteiger partial charge is 0.143 e. The van der Waals surface area contributed by atoms with Crippen LogP contribution in [0, 0.1) is 11.7 Å². The average Bonchev–Trinajstić information content (AvgIpc) is 2.65. The summed E-state index contributed by atoms with van der Waals surface area (Å²) in [5.74, 6) is 0.0868. The highest BCUT2D eigenvalue weighted by molar-refractivity contribution is 9.10. The van der Waals surface area contributed by atoms with Crippen LogP contribution in [0.4, 0.5) is 4.39 Å². The summed E-state index contributed by atoms with van der Waals surface area (Å²) in [6.07, 6.45) is 0.933. The van der Waals surface area contributed by atoms with E-state index in [1.807, 2.05) is 13.1 Å². The van der Waals surface area contributed by atoms with E-state index in [0.717, 1.165) is 23.0 Å². The first kappa shape index (κ1) is 13.3. The van der Waals surface area contributed by atoms with Crippen molar-refractivity contribution in [3.8, 4) is 0 Å². The van der Waals surface area contributed by atoms with E-state index < -0.39 is 0 Å². The molecule has 94 valence electrons. The molecular weight excluding hydrogens is 307 g/mol. The second-order valence-corrected chi connectivity index (χ2v) is 5.88. The van der Waals surface area contributed by atoms with Gasteiger partial charge in [0, 0.05) is 17.1 Å². The molecule has 1 aromatic carbocycles. The number of rotatable bonds is 2. The normalized spacial score (nSPS) is 25.5. The summed E-state index contributed by atoms with van der Waals surface area (Å²) in [7, 11) is 2.02. The lowest BCUT2D eigenvalue weighted by Gasteiger charge is -2.21. The lowest BCUT2D eigenvalue weighted by molar-refractivity contribution is 0.313. The predicted molar refractivity (Wildman–Crippen MR) is 71.6 cm³/mol. The Hall–Kier alpha value is -0.160. The van der Waals surface area contributed by atoms with Gasteiger partial charge in [-0.25, -0.2) is 4.39 Å². The number of benzene rings is 1. The predicted octanol–water partition coefficient (Wildman–Crippen LogP) is 3.19. The maximum Gasteiger partial charge on any atom is 0.143 e. The van der Waals surface area contributed by atoms with Crippen molar-refractivity contribution in [1.29, 1.82) is 0 Å². The molecule has 2 rings (SSSR count). The Bertz CT molecular complexity index is 427. The van der Waals surface area contributed by atoms with Crippen LogP contribution in [-0.4, -0.2) is 25.0 Å². The summed E-state index contributed by atoms with van der Waals surface area (Å²) in [6.45, 7) is 1.60. The maximum absolute atomic E-state index is 13.6. The molecule has 2 nitrogen and oxygen atoms in total. The lowest BCUT2D eigenvalue weighted by atomic mass is 10.00. The third-order valence-corrected chi connectivity index (χ3v) is 4.20. The van der Waals surface area contributed by atoms with Crippen molar-refractivity contribution in [2.45, 2.75) is 12.5 Å². The van der Waals surface area contributed by atoms with Gasteiger partial charge in [-0.15, -0.1) is 0 Å². The topological polar surface area (TPSA) is 29.3 Å². The monoisotopic (exact) mass is 320 g/mol. The van der Waals surface area contributed by atoms with Gasteiger partial charge in [0.1, 0.15) is 5.82 Å². The van der Waals surface area contributed by atoms with Crippen molar-refractivity contribution in [1.82, 2.24) is 4.90 Å². The Kier molecular flexibility index (Phi) is 4.08. The molecule has 0 saturated carbocycles. The standard InChI is InChI=1S/C12H15BrClFN2/c1-17-6-7(5-16)2-11(17)9-3-8(13)4-10(15)12(9)14/h3-4,7,11H,2,5-6,16H2,1H3. The zero-order valence-corrected chi connectivity index (χ0v) is 11.9. The second kappa shape index (κ2) is 5.22. The van der Waals surface area contributed by atoms with Crippen LogP contribution in [0.1, 0.15) is 18.0 Å². The van der Waals surface area contributed by atoms with E-state index in [0.29, 0.717) is 12.5 Å². The lowest BCUT2D eigenvalue weighted by Crippen LogP contribution is -2.20. The number of hydrogen-bond acceptors (Lipinski definition) is 2. The minimum atomic E-state index is -0.374. The molecule has 17 heavy (non-hydrogen) atoms. The zero-order chi connectivity index (χ0) is 12.6. The summed E-state index contributed by atoms with van der Waals surface area (Å²) in [5.41, 5.74) is 6.54. The minimum Gasteiger partial charge on any atom is -0.330 e. The molecule has 2 N–H and O–H groups in total. The van der Waals surface area contributed by atoms with E-state index in [1.165, 1.54) is 6.07 Å². The van der Waals surface area contributed by atoms with Crippen LogP contribution in [0.3, 0.4) is 0 Å². The van der Waals surface area contributed by atoms with Crippen molar-refractivity contribution in [3.05, 3.63) is 33.0 Å². The minimum absolute atomic E-state index is 0.156. The number of hydrogen-bond donors (Lipinski definition) is 1. The second-order valence-electron chi connectivity index (χ2n) is 4.58. The molecule has 0 aliphatic carbocycles. The van der Waals surface area contributed by atoms with Crippen LogP contribution < -0.4 is 5.73 Å². The first-order chi connectivity index (χ1) is 8.02. The fourth-order valence-corrected chi connectivity index (χ4v) is 3.14. The van der Waals surface area contributed by atoms with Crippen molar-refractivity contribution >= 4 is 27.5 Å². The molecule has 0 aromatic heterocycles. The highest BCUT2D eigenvalue weighted by atomic mass is 79.9. The Morgan fingerprint density at radius 3 is 2.88 bits per heavy atom. The van der Waals surface area contributed by atoms with Crippen molar-refractivity contribution in [2.24, 2.45) is 11.7 Å². The summed E-state index contributed by atoms with van der Waals surface area (Å²) in [5, 5.41) is 0.225. The number of nitrogens with zero attached hydrogens (tertiary/aromatic N) is 1. The van der Waals surface area contributed by atoms with E-state index in [4.69, 9.17) is 17.3 Å². The van der Waals surface area contributed by atoms with Gasteiger partial charge in [-0.2, -0.15) is 0 Å². The fourth-order valence-electron chi connectivity index (χ4n) is 2.46. The Morgan fingerprint density at radius 1 is 1.59 bits per heavy atom. The van der Waals surface area contributed by atoms with Gasteiger partial charge in [0.15, 0.2) is 0 Å². The number of halogens is 3. The van der Waals surface area contributed by atoms with Gasteiger partial charge >= 0.3 is 0 Å². The van der Waals surface area contributed by atoms with Crippen LogP contribution in [0.2, 0.25) is 5.02 Å². The van der Waals surface area contributed by atoms with Crippen molar-refractivity contribution in [2.75, 3.05) is 20.1 Å². The average molecular weight is 322 g/mol. The van der Waals surface area contributed by atoms with Crippen molar-refractivity contribution < 1.29 is 4.39 Å². The maximum atomic E-state index is 13.6. The Morgan fingerprint density at radius 2 is 2.29 bits per heavy atom. The van der Waals surface area contributed by atoms with Gasteiger partial charge in [-0.1, -0.05) is 27.5 Å². The van der Waals surface area contributed by atoms with E-state index in [9.17, 15) is 4.39 Å². The quantitative estimate of drug-likeness (QED) is 0.848. The van der Waals surface area contributed by atoms with E-state index in [2.05, 4.69) is 20.8 Å². The first-order valence-corrected chi connectivity index (χ1v) is 6.74. The molecule has 0 bridgehead atoms. The molecule has 1 heterocycles. The van der Waals surface area contributed by atoms with Crippen LogP contribution in [0.25, 0.3) is 0 Å². The molecule has 0 radical (unpaired) electrons. The van der Waals surface area contributed by atoms with Crippen LogP contribution in [0.15, 0.2) is 16.6 Å². The molecule has 0 spiro atoms. The SMILES string of the molecule is CN1CC(CN)CC1c1cc(Br)cc(F)c1Cl. The first-order valence-electron chi connectivity index (χ1n) is 5.57. The molecular formula is C12H15BrClFN2. The van der Waals surface area contributed by atoms with Crippen LogP contribution >= 0.6 is 27.5 Å². The summed E-state index contributed by atoms with van der Waals surface area (Å²) in [6, 6.07) is 3.44. The molecule has 1 aliphatic rings. The van der Waals surface area contributed by atoms with Gasteiger partial charge in [-0.3, -0.25) is 4.90 Å². The number of nitrogens with two attached hydrogens (primary N) is 1. The number of likely N-dealkylation sites (tertiary alicyclic amines) is 1. The summed E-state index contributed by atoms with van der Waals surface area (Å²) >= 11 is 9.35. The Labute approximate surface area is 114 Å². The van der Waals surface area contributed by atoms with Gasteiger partial charge in [-0.05, 0) is 43.6 Å². The van der Waals surface area contributed by atoms with Crippen molar-refractivity contribution in [3.63, 3.8) is 0 Å². The summed E-state index contributed by atoms with van der Waals surface area (Å²) in [4.78, 5) is 2.19. The fraction of sp³-hybridized carbons (Fsp3) is 0.500. The van der Waals surface area contributed by atoms with E-state index in [1.54, 1.807) is 0 Å². The molecule has 1 aromatic rings. The van der Waals surface area contributed by atoms with Gasteiger partial charge in [0.2, 0.25) is 0 Å². The molecule has 1 saturated heterocycles. The third-order valence-electron chi connectivity index (χ3n) is 3.35. The van der Waals surface area contributed by atoms with Crippen LogP contribution in [-0.2, 0) is 0 Å². The van der Waals surface area contributed by atoms with E-state index >= 15 is 0 Å². The van der Waals surface area contributed by atoms with Gasteiger partial charge < -0.3 is 5.73 Å². The van der Waals surface area contributed by atoms with Crippen LogP contribution in [0.5, 0.6) is 0 Å². The Balaban J connectivity index is 2.34. The van der Waals surface area contributed by atoms with Gasteiger partial charge in [0.05, 0.1) is 5.02 Å². The molecule has 0 amide bonds. The highest BCUT2D eigenvalue weighted by Gasteiger charge is 2.31. The molecule has 2 unspecified atom stereocenters. The highest BCUT2D eigenvalue weighted by Crippen LogP contribution is 2.39. The zero-order valence-electron chi connectivity index (χ0n) is 9.59.